The Hall–Kier alpha value is -1.80. The van der Waals surface area contributed by atoms with E-state index in [9.17, 15) is 14.7 Å². The summed E-state index contributed by atoms with van der Waals surface area (Å²) in [5.41, 5.74) is 4.47. The van der Waals surface area contributed by atoms with Crippen LogP contribution in [0.15, 0.2) is 9.59 Å². The minimum Gasteiger partial charge on any atom is -0.389 e. The van der Waals surface area contributed by atoms with Gasteiger partial charge in [0.15, 0.2) is 0 Å². The molecule has 0 fully saturated rings. The van der Waals surface area contributed by atoms with Crippen LogP contribution >= 0.6 is 0 Å². The maximum Gasteiger partial charge on any atom is 0.329 e. The fraction of sp³-hybridized carbons (Fsp3) is 0.556. The summed E-state index contributed by atoms with van der Waals surface area (Å²) in [4.78, 5) is 24.7. The fourth-order valence-corrected chi connectivity index (χ4v) is 1.28. The smallest absolute Gasteiger partial charge is 0.329 e. The minimum atomic E-state index is -0.768. The molecule has 1 aromatic heterocycles. The number of hydrogen-bond acceptors (Lipinski definition) is 6. The molecule has 1 atom stereocenters. The average molecular weight is 244 g/mol. The fourth-order valence-electron chi connectivity index (χ4n) is 1.28. The lowest BCUT2D eigenvalue weighted by Gasteiger charge is -2.13. The summed E-state index contributed by atoms with van der Waals surface area (Å²) in [6.07, 6.45) is -0.768. The molecule has 17 heavy (non-hydrogen) atoms. The van der Waals surface area contributed by atoms with Gasteiger partial charge >= 0.3 is 5.69 Å². The standard InChI is InChI=1S/C9H16N4O4/c1-13-7(10)6(8(15)12-9(13)16)11-3-5(14)4-17-2/h5,11,14H,3-4,10H2,1-2H3,(H,12,15,16). The maximum absolute atomic E-state index is 11.5. The van der Waals surface area contributed by atoms with Gasteiger partial charge in [0.05, 0.1) is 12.7 Å². The number of nitrogen functional groups attached to an aromatic ring is 1. The Bertz CT molecular complexity index is 493. The number of methoxy groups -OCH3 is 1. The van der Waals surface area contributed by atoms with Crippen LogP contribution < -0.4 is 22.3 Å². The van der Waals surface area contributed by atoms with E-state index >= 15 is 0 Å². The molecule has 0 aliphatic carbocycles. The van der Waals surface area contributed by atoms with E-state index in [0.29, 0.717) is 0 Å². The van der Waals surface area contributed by atoms with E-state index in [1.54, 1.807) is 0 Å². The molecule has 0 amide bonds. The minimum absolute atomic E-state index is 0.0170. The zero-order valence-corrected chi connectivity index (χ0v) is 9.69. The first-order chi connectivity index (χ1) is 7.97. The summed E-state index contributed by atoms with van der Waals surface area (Å²) in [6, 6.07) is 0. The number of nitrogens with zero attached hydrogens (tertiary/aromatic N) is 1. The third kappa shape index (κ3) is 3.08. The first kappa shape index (κ1) is 13.3. The third-order valence-electron chi connectivity index (χ3n) is 2.24. The summed E-state index contributed by atoms with van der Waals surface area (Å²) in [5.74, 6) is 0.0170. The summed E-state index contributed by atoms with van der Waals surface area (Å²) in [6.45, 7) is 0.232. The summed E-state index contributed by atoms with van der Waals surface area (Å²) in [5, 5.41) is 12.1. The Morgan fingerprint density at radius 3 is 2.82 bits per heavy atom. The molecule has 96 valence electrons. The van der Waals surface area contributed by atoms with Crippen molar-refractivity contribution in [3.63, 3.8) is 0 Å². The highest BCUT2D eigenvalue weighted by Crippen LogP contribution is 2.07. The molecular formula is C9H16N4O4. The monoisotopic (exact) mass is 244 g/mol. The number of nitrogens with one attached hydrogen (secondary N) is 2. The number of ether oxygens (including phenoxy) is 1. The van der Waals surface area contributed by atoms with Gasteiger partial charge in [-0.1, -0.05) is 0 Å². The van der Waals surface area contributed by atoms with E-state index in [1.165, 1.54) is 14.2 Å². The first-order valence-corrected chi connectivity index (χ1v) is 4.97. The molecule has 0 aliphatic rings. The number of aliphatic hydroxyl groups excluding tert-OH is 1. The van der Waals surface area contributed by atoms with Crippen molar-refractivity contribution in [2.45, 2.75) is 6.10 Å². The topological polar surface area (TPSA) is 122 Å². The maximum atomic E-state index is 11.5. The van der Waals surface area contributed by atoms with Gasteiger partial charge in [0.25, 0.3) is 5.56 Å². The molecular weight excluding hydrogens is 228 g/mol. The molecule has 0 aromatic carbocycles. The lowest BCUT2D eigenvalue weighted by atomic mass is 10.3. The molecule has 5 N–H and O–H groups in total. The van der Waals surface area contributed by atoms with Crippen LogP contribution in [-0.4, -0.2) is 41.0 Å². The normalized spacial score (nSPS) is 12.4. The zero-order valence-electron chi connectivity index (χ0n) is 9.69. The molecule has 0 spiro atoms. The predicted molar refractivity (Wildman–Crippen MR) is 63.1 cm³/mol. The van der Waals surface area contributed by atoms with E-state index in [-0.39, 0.29) is 24.7 Å². The second-order valence-electron chi connectivity index (χ2n) is 3.57. The van der Waals surface area contributed by atoms with Crippen LogP contribution in [0.1, 0.15) is 0 Å². The second kappa shape index (κ2) is 5.51. The Kier molecular flexibility index (Phi) is 4.30. The van der Waals surface area contributed by atoms with Crippen molar-refractivity contribution >= 4 is 11.5 Å². The molecule has 0 saturated heterocycles. The first-order valence-electron chi connectivity index (χ1n) is 4.97. The summed E-state index contributed by atoms with van der Waals surface area (Å²) in [7, 11) is 2.89. The number of H-pyrrole nitrogens is 1. The Morgan fingerprint density at radius 2 is 2.24 bits per heavy atom. The summed E-state index contributed by atoms with van der Waals surface area (Å²) >= 11 is 0. The molecule has 0 saturated carbocycles. The average Bonchev–Trinajstić information content (AvgIpc) is 2.26. The number of anilines is 2. The van der Waals surface area contributed by atoms with Crippen LogP contribution in [0.5, 0.6) is 0 Å². The van der Waals surface area contributed by atoms with Crippen molar-refractivity contribution in [1.82, 2.24) is 9.55 Å². The van der Waals surface area contributed by atoms with Crippen LogP contribution in [0.25, 0.3) is 0 Å². The number of aliphatic hydroxyl groups is 1. The van der Waals surface area contributed by atoms with Crippen LogP contribution in [0, 0.1) is 0 Å². The van der Waals surface area contributed by atoms with Crippen molar-refractivity contribution in [3.05, 3.63) is 20.8 Å². The summed E-state index contributed by atoms with van der Waals surface area (Å²) < 4.78 is 5.84. The number of aromatic nitrogens is 2. The number of rotatable bonds is 5. The second-order valence-corrected chi connectivity index (χ2v) is 3.57. The molecule has 1 unspecified atom stereocenters. The van der Waals surface area contributed by atoms with Crippen LogP contribution in [0.4, 0.5) is 11.5 Å². The number of aromatic amines is 1. The third-order valence-corrected chi connectivity index (χ3v) is 2.24. The molecule has 8 heteroatoms. The van der Waals surface area contributed by atoms with E-state index in [4.69, 9.17) is 10.5 Å². The Morgan fingerprint density at radius 1 is 1.59 bits per heavy atom. The van der Waals surface area contributed by atoms with Crippen molar-refractivity contribution in [2.75, 3.05) is 31.3 Å². The van der Waals surface area contributed by atoms with Crippen molar-refractivity contribution in [1.29, 1.82) is 0 Å². The van der Waals surface area contributed by atoms with E-state index in [1.807, 2.05) is 0 Å². The largest absolute Gasteiger partial charge is 0.389 e. The van der Waals surface area contributed by atoms with E-state index in [2.05, 4.69) is 10.3 Å². The van der Waals surface area contributed by atoms with E-state index < -0.39 is 17.4 Å². The van der Waals surface area contributed by atoms with Gasteiger partial charge in [-0.15, -0.1) is 0 Å². The SMILES string of the molecule is COCC(O)CNc1c(N)n(C)c(=O)[nH]c1=O. The van der Waals surface area contributed by atoms with Crippen molar-refractivity contribution in [2.24, 2.45) is 7.05 Å². The highest BCUT2D eigenvalue weighted by atomic mass is 16.5. The van der Waals surface area contributed by atoms with Crippen LogP contribution in [-0.2, 0) is 11.8 Å². The quantitative estimate of drug-likeness (QED) is 0.478. The van der Waals surface area contributed by atoms with E-state index in [0.717, 1.165) is 4.57 Å². The van der Waals surface area contributed by atoms with Gasteiger partial charge in [-0.05, 0) is 0 Å². The van der Waals surface area contributed by atoms with Crippen LogP contribution in [0.3, 0.4) is 0 Å². The zero-order chi connectivity index (χ0) is 13.0. The van der Waals surface area contributed by atoms with Gasteiger partial charge in [0, 0.05) is 20.7 Å². The van der Waals surface area contributed by atoms with Gasteiger partial charge in [0.2, 0.25) is 0 Å². The van der Waals surface area contributed by atoms with Crippen molar-refractivity contribution in [3.8, 4) is 0 Å². The van der Waals surface area contributed by atoms with Crippen LogP contribution in [0.2, 0.25) is 0 Å². The van der Waals surface area contributed by atoms with Crippen molar-refractivity contribution < 1.29 is 9.84 Å². The Labute approximate surface area is 97.0 Å². The Balaban J connectivity index is 2.89. The lowest BCUT2D eigenvalue weighted by molar-refractivity contribution is 0.0727. The molecule has 1 aromatic rings. The molecule has 0 radical (unpaired) electrons. The van der Waals surface area contributed by atoms with Gasteiger partial charge in [-0.3, -0.25) is 14.3 Å². The predicted octanol–water partition coefficient (Wildman–Crippen LogP) is -1.92. The highest BCUT2D eigenvalue weighted by Gasteiger charge is 2.11. The highest BCUT2D eigenvalue weighted by molar-refractivity contribution is 5.60. The lowest BCUT2D eigenvalue weighted by Crippen LogP contribution is -2.34. The van der Waals surface area contributed by atoms with Gasteiger partial charge in [-0.2, -0.15) is 0 Å². The number of nitrogens with two attached hydrogens (primary N) is 1. The molecule has 1 heterocycles. The molecule has 0 aliphatic heterocycles. The van der Waals surface area contributed by atoms with Gasteiger partial charge in [0.1, 0.15) is 11.5 Å². The molecule has 8 nitrogen and oxygen atoms in total. The van der Waals surface area contributed by atoms with Gasteiger partial charge in [-0.25, -0.2) is 4.79 Å². The number of hydrogen-bond donors (Lipinski definition) is 4. The molecule has 0 bridgehead atoms. The van der Waals surface area contributed by atoms with Gasteiger partial charge < -0.3 is 20.9 Å². The molecule has 1 rings (SSSR count).